The molecule has 0 fully saturated rings. The molecule has 2 aromatic rings. The average Bonchev–Trinajstić information content (AvgIpc) is 3.06. The first-order valence-corrected chi connectivity index (χ1v) is 8.19. The topological polar surface area (TPSA) is 41.4 Å². The minimum atomic E-state index is 0.844. The minimum Gasteiger partial charge on any atom is -0.305 e. The van der Waals surface area contributed by atoms with Crippen LogP contribution in [0.15, 0.2) is 48.1 Å². The van der Waals surface area contributed by atoms with E-state index >= 15 is 0 Å². The van der Waals surface area contributed by atoms with Crippen LogP contribution in [0, 0.1) is 0 Å². The fourth-order valence-corrected chi connectivity index (χ4v) is 3.26. The van der Waals surface area contributed by atoms with Gasteiger partial charge in [-0.25, -0.2) is 4.99 Å². The van der Waals surface area contributed by atoms with Gasteiger partial charge in [-0.1, -0.05) is 54.3 Å². The van der Waals surface area contributed by atoms with Crippen molar-refractivity contribution in [3.63, 3.8) is 0 Å². The molecule has 2 heterocycles. The van der Waals surface area contributed by atoms with E-state index in [1.165, 1.54) is 0 Å². The quantitative estimate of drug-likeness (QED) is 0.841. The summed E-state index contributed by atoms with van der Waals surface area (Å²) in [6.07, 6.45) is 7.78. The predicted octanol–water partition coefficient (Wildman–Crippen LogP) is 4.38. The van der Waals surface area contributed by atoms with Crippen molar-refractivity contribution in [3.05, 3.63) is 48.7 Å². The second-order valence-corrected chi connectivity index (χ2v) is 5.88. The lowest BCUT2D eigenvalue weighted by molar-refractivity contribution is 0.939. The maximum atomic E-state index is 4.47. The number of aromatic nitrogens is 2. The summed E-state index contributed by atoms with van der Waals surface area (Å²) in [4.78, 5) is 6.61. The van der Waals surface area contributed by atoms with Gasteiger partial charge in [0.1, 0.15) is 10.8 Å². The third-order valence-corrected chi connectivity index (χ3v) is 4.53. The Hall–Kier alpha value is -2.27. The van der Waals surface area contributed by atoms with Gasteiger partial charge in [0.2, 0.25) is 5.13 Å². The van der Waals surface area contributed by atoms with Crippen molar-refractivity contribution in [1.82, 2.24) is 10.2 Å². The van der Waals surface area contributed by atoms with E-state index in [4.69, 9.17) is 0 Å². The van der Waals surface area contributed by atoms with Gasteiger partial charge >= 0.3 is 0 Å². The van der Waals surface area contributed by atoms with Crippen molar-refractivity contribution >= 4 is 28.4 Å². The summed E-state index contributed by atoms with van der Waals surface area (Å²) in [6.45, 7) is 6.73. The molecular formula is C17H18N4S. The fraction of sp³-hybridized carbons (Fsp3) is 0.235. The van der Waals surface area contributed by atoms with Crippen LogP contribution in [0.1, 0.15) is 25.3 Å². The molecule has 0 radical (unpaired) electrons. The maximum Gasteiger partial charge on any atom is 0.213 e. The van der Waals surface area contributed by atoms with Crippen molar-refractivity contribution in [1.29, 1.82) is 0 Å². The van der Waals surface area contributed by atoms with Gasteiger partial charge in [0.15, 0.2) is 0 Å². The van der Waals surface area contributed by atoms with Crippen molar-refractivity contribution in [2.75, 3.05) is 11.4 Å². The Morgan fingerprint density at radius 1 is 1.27 bits per heavy atom. The molecule has 3 rings (SSSR count). The van der Waals surface area contributed by atoms with Crippen LogP contribution in [-0.2, 0) is 0 Å². The van der Waals surface area contributed by atoms with Crippen LogP contribution in [0.2, 0.25) is 0 Å². The molecule has 0 amide bonds. The smallest absolute Gasteiger partial charge is 0.213 e. The molecular weight excluding hydrogens is 292 g/mol. The van der Waals surface area contributed by atoms with Crippen LogP contribution in [0.5, 0.6) is 0 Å². The van der Waals surface area contributed by atoms with Crippen LogP contribution in [0.25, 0.3) is 16.6 Å². The summed E-state index contributed by atoms with van der Waals surface area (Å²) in [5.74, 6) is 1.06. The molecule has 1 aromatic carbocycles. The third kappa shape index (κ3) is 2.99. The zero-order chi connectivity index (χ0) is 15.4. The Bertz CT molecular complexity index is 713. The van der Waals surface area contributed by atoms with Crippen LogP contribution in [0.3, 0.4) is 0 Å². The highest BCUT2D eigenvalue weighted by Crippen LogP contribution is 2.30. The number of nitrogens with zero attached hydrogens (tertiary/aromatic N) is 4. The molecule has 1 aliphatic heterocycles. The van der Waals surface area contributed by atoms with Crippen molar-refractivity contribution in [2.45, 2.75) is 19.8 Å². The Balaban J connectivity index is 1.86. The van der Waals surface area contributed by atoms with E-state index < -0.39 is 0 Å². The molecule has 4 nitrogen and oxygen atoms in total. The molecule has 0 N–H and O–H groups in total. The lowest BCUT2D eigenvalue weighted by atomic mass is 10.1. The monoisotopic (exact) mass is 310 g/mol. The number of anilines is 1. The van der Waals surface area contributed by atoms with Gasteiger partial charge in [-0.2, -0.15) is 0 Å². The van der Waals surface area contributed by atoms with Gasteiger partial charge in [0.25, 0.3) is 0 Å². The molecule has 0 aliphatic carbocycles. The number of amidine groups is 1. The lowest BCUT2D eigenvalue weighted by Crippen LogP contribution is -2.31. The van der Waals surface area contributed by atoms with Crippen molar-refractivity contribution in [3.8, 4) is 10.6 Å². The van der Waals surface area contributed by atoms with Gasteiger partial charge in [-0.05, 0) is 18.9 Å². The first-order valence-electron chi connectivity index (χ1n) is 7.37. The molecule has 0 spiro atoms. The molecule has 5 heteroatoms. The standard InChI is InChI=1S/C17H18N4S/c1-3-13-8-10-14(11-9-13)16-19-20-17(22-16)21(4-2)15-7-5-6-12-18-15/h3,6,8-12H,1,4-5,7H2,2H3. The van der Waals surface area contributed by atoms with Gasteiger partial charge in [-0.3, -0.25) is 0 Å². The number of aliphatic imine (C=N–C) groups is 1. The second kappa shape index (κ2) is 6.66. The number of benzene rings is 1. The average molecular weight is 310 g/mol. The summed E-state index contributed by atoms with van der Waals surface area (Å²) in [7, 11) is 0. The fourth-order valence-electron chi connectivity index (χ4n) is 2.33. The maximum absolute atomic E-state index is 4.47. The van der Waals surface area contributed by atoms with E-state index in [0.29, 0.717) is 0 Å². The van der Waals surface area contributed by atoms with E-state index in [1.807, 2.05) is 24.4 Å². The van der Waals surface area contributed by atoms with E-state index in [2.05, 4.69) is 51.8 Å². The first kappa shape index (κ1) is 14.7. The molecule has 22 heavy (non-hydrogen) atoms. The molecule has 0 saturated heterocycles. The van der Waals surface area contributed by atoms with Crippen molar-refractivity contribution < 1.29 is 0 Å². The zero-order valence-electron chi connectivity index (χ0n) is 12.6. The van der Waals surface area contributed by atoms with Crippen LogP contribution in [-0.4, -0.2) is 22.6 Å². The summed E-state index contributed by atoms with van der Waals surface area (Å²) >= 11 is 1.60. The first-order chi connectivity index (χ1) is 10.8. The summed E-state index contributed by atoms with van der Waals surface area (Å²) < 4.78 is 0. The highest BCUT2D eigenvalue weighted by molar-refractivity contribution is 7.18. The van der Waals surface area contributed by atoms with Crippen LogP contribution >= 0.6 is 11.3 Å². The highest BCUT2D eigenvalue weighted by Gasteiger charge is 2.17. The van der Waals surface area contributed by atoms with Gasteiger partial charge in [-0.15, -0.1) is 10.2 Å². The Kier molecular flexibility index (Phi) is 4.44. The molecule has 0 saturated carbocycles. The summed E-state index contributed by atoms with van der Waals surface area (Å²) in [5, 5.41) is 10.5. The number of allylic oxidation sites excluding steroid dienone is 1. The van der Waals surface area contributed by atoms with Gasteiger partial charge < -0.3 is 4.90 Å². The second-order valence-electron chi connectivity index (χ2n) is 4.93. The summed E-state index contributed by atoms with van der Waals surface area (Å²) in [6, 6.07) is 8.19. The zero-order valence-corrected chi connectivity index (χ0v) is 13.4. The SMILES string of the molecule is C=Cc1ccc(-c2nnc(N(CC)C3=NC=CCC3)s2)cc1. The Labute approximate surface area is 134 Å². The van der Waals surface area contributed by atoms with E-state index in [9.17, 15) is 0 Å². The highest BCUT2D eigenvalue weighted by atomic mass is 32.1. The Morgan fingerprint density at radius 3 is 2.73 bits per heavy atom. The molecule has 0 unspecified atom stereocenters. The van der Waals surface area contributed by atoms with Crippen LogP contribution < -0.4 is 4.90 Å². The number of hydrogen-bond acceptors (Lipinski definition) is 5. The van der Waals surface area contributed by atoms with E-state index in [-0.39, 0.29) is 0 Å². The third-order valence-electron chi connectivity index (χ3n) is 3.53. The summed E-state index contributed by atoms with van der Waals surface area (Å²) in [5.41, 5.74) is 2.18. The molecule has 0 atom stereocenters. The minimum absolute atomic E-state index is 0.844. The largest absolute Gasteiger partial charge is 0.305 e. The Morgan fingerprint density at radius 2 is 2.09 bits per heavy atom. The molecule has 112 valence electrons. The van der Waals surface area contributed by atoms with Crippen molar-refractivity contribution in [2.24, 2.45) is 4.99 Å². The number of hydrogen-bond donors (Lipinski definition) is 0. The van der Waals surface area contributed by atoms with E-state index in [0.717, 1.165) is 46.5 Å². The molecule has 1 aromatic heterocycles. The number of rotatable bonds is 4. The lowest BCUT2D eigenvalue weighted by Gasteiger charge is -2.21. The van der Waals surface area contributed by atoms with Gasteiger partial charge in [0, 0.05) is 24.7 Å². The van der Waals surface area contributed by atoms with E-state index in [1.54, 1.807) is 11.3 Å². The van der Waals surface area contributed by atoms with Crippen LogP contribution in [0.4, 0.5) is 5.13 Å². The van der Waals surface area contributed by atoms with Gasteiger partial charge in [0.05, 0.1) is 0 Å². The molecule has 0 bridgehead atoms. The normalized spacial score (nSPS) is 13.8. The predicted molar refractivity (Wildman–Crippen MR) is 94.3 cm³/mol. The molecule has 1 aliphatic rings.